The number of aromatic nitrogens is 1. The molecule has 0 aliphatic heterocycles. The number of nitrogens with zero attached hydrogens (tertiary/aromatic N) is 3. The molecule has 0 bridgehead atoms. The van der Waals surface area contributed by atoms with Crippen LogP contribution in [0.5, 0.6) is 0 Å². The second-order valence-corrected chi connectivity index (χ2v) is 11.5. The third-order valence-electron chi connectivity index (χ3n) is 6.45. The number of allylic oxidation sites excluding steroid dienone is 1. The van der Waals surface area contributed by atoms with Gasteiger partial charge in [-0.05, 0) is 90.7 Å². The fourth-order valence-corrected chi connectivity index (χ4v) is 4.32. The standard InChI is InChI=1S/C31H44N6O4/c1-31(2,3)41-30(40)35-26-14-10-9-13-25(26)34-28(38)27-16-15-24(21-33-27)22-37(20-19-36(4)5)29(39)32-18-17-23-11-7-6-8-12-23/h9-11,13-16,21H,6-8,12,17-20,22H2,1-5H3,(H,32,39)(H,34,38)(H,35,40). The van der Waals surface area contributed by atoms with Gasteiger partial charge in [0.15, 0.2) is 0 Å². The molecule has 1 aromatic carbocycles. The van der Waals surface area contributed by atoms with Gasteiger partial charge in [-0.15, -0.1) is 0 Å². The number of pyridine rings is 1. The smallest absolute Gasteiger partial charge is 0.412 e. The van der Waals surface area contributed by atoms with Crippen molar-refractivity contribution in [3.8, 4) is 0 Å². The van der Waals surface area contributed by atoms with Crippen molar-refractivity contribution in [2.24, 2.45) is 0 Å². The summed E-state index contributed by atoms with van der Waals surface area (Å²) in [4.78, 5) is 46.3. The van der Waals surface area contributed by atoms with Gasteiger partial charge in [-0.3, -0.25) is 15.1 Å². The van der Waals surface area contributed by atoms with E-state index in [1.54, 1.807) is 68.3 Å². The molecule has 1 aromatic heterocycles. The van der Waals surface area contributed by atoms with Gasteiger partial charge in [0, 0.05) is 32.4 Å². The van der Waals surface area contributed by atoms with E-state index in [1.165, 1.54) is 18.4 Å². The molecule has 1 aliphatic carbocycles. The van der Waals surface area contributed by atoms with Crippen molar-refractivity contribution in [1.82, 2.24) is 20.1 Å². The zero-order valence-corrected chi connectivity index (χ0v) is 25.0. The van der Waals surface area contributed by atoms with Gasteiger partial charge in [0.25, 0.3) is 5.91 Å². The van der Waals surface area contributed by atoms with Gasteiger partial charge in [0.1, 0.15) is 11.3 Å². The number of likely N-dealkylation sites (N-methyl/N-ethyl adjacent to an activating group) is 1. The van der Waals surface area contributed by atoms with Crippen LogP contribution in [0, 0.1) is 0 Å². The first-order valence-corrected chi connectivity index (χ1v) is 14.2. The Morgan fingerprint density at radius 3 is 2.32 bits per heavy atom. The summed E-state index contributed by atoms with van der Waals surface area (Å²) < 4.78 is 5.31. The van der Waals surface area contributed by atoms with Crippen LogP contribution >= 0.6 is 0 Å². The molecule has 0 atom stereocenters. The average molecular weight is 565 g/mol. The maximum atomic E-state index is 13.0. The maximum Gasteiger partial charge on any atom is 0.412 e. The molecule has 3 rings (SSSR count). The predicted octanol–water partition coefficient (Wildman–Crippen LogP) is 5.64. The Balaban J connectivity index is 1.60. The predicted molar refractivity (Wildman–Crippen MR) is 162 cm³/mol. The monoisotopic (exact) mass is 564 g/mol. The van der Waals surface area contributed by atoms with E-state index in [9.17, 15) is 14.4 Å². The SMILES string of the molecule is CN(C)CCN(Cc1ccc(C(=O)Nc2ccccc2NC(=O)OC(C)(C)C)nc1)C(=O)NCCC1=CCCCC1. The lowest BCUT2D eigenvalue weighted by Crippen LogP contribution is -2.43. The summed E-state index contributed by atoms with van der Waals surface area (Å²) in [5.74, 6) is -0.422. The summed E-state index contributed by atoms with van der Waals surface area (Å²) in [5.41, 5.74) is 2.64. The minimum absolute atomic E-state index is 0.112. The Kier molecular flexibility index (Phi) is 11.7. The molecule has 1 aliphatic rings. The molecule has 0 fully saturated rings. The summed E-state index contributed by atoms with van der Waals surface area (Å²) >= 11 is 0. The van der Waals surface area contributed by atoms with Crippen molar-refractivity contribution < 1.29 is 19.1 Å². The number of rotatable bonds is 11. The van der Waals surface area contributed by atoms with Gasteiger partial charge in [-0.2, -0.15) is 0 Å². The molecule has 10 heteroatoms. The van der Waals surface area contributed by atoms with Crippen LogP contribution in [-0.4, -0.2) is 72.1 Å². The van der Waals surface area contributed by atoms with Crippen molar-refractivity contribution >= 4 is 29.4 Å². The molecule has 0 spiro atoms. The zero-order valence-electron chi connectivity index (χ0n) is 25.0. The highest BCUT2D eigenvalue weighted by atomic mass is 16.6. The number of hydrogen-bond acceptors (Lipinski definition) is 6. The first-order valence-electron chi connectivity index (χ1n) is 14.2. The topological polar surface area (TPSA) is 116 Å². The number of benzene rings is 1. The molecule has 0 saturated carbocycles. The molecule has 4 amide bonds. The molecule has 41 heavy (non-hydrogen) atoms. The van der Waals surface area contributed by atoms with Gasteiger partial charge in [-0.25, -0.2) is 9.59 Å². The number of ether oxygens (including phenoxy) is 1. The van der Waals surface area contributed by atoms with Crippen molar-refractivity contribution in [3.63, 3.8) is 0 Å². The van der Waals surface area contributed by atoms with E-state index in [-0.39, 0.29) is 11.7 Å². The van der Waals surface area contributed by atoms with E-state index in [0.717, 1.165) is 31.4 Å². The molecule has 10 nitrogen and oxygen atoms in total. The van der Waals surface area contributed by atoms with Crippen molar-refractivity contribution in [2.45, 2.75) is 65.0 Å². The summed E-state index contributed by atoms with van der Waals surface area (Å²) in [5, 5.41) is 8.54. The second kappa shape index (κ2) is 15.2. The molecular weight excluding hydrogens is 520 g/mol. The fraction of sp³-hybridized carbons (Fsp3) is 0.484. The lowest BCUT2D eigenvalue weighted by molar-refractivity contribution is 0.0635. The molecule has 0 saturated heterocycles. The molecule has 0 radical (unpaired) electrons. The number of nitrogens with one attached hydrogen (secondary N) is 3. The van der Waals surface area contributed by atoms with Crippen LogP contribution in [-0.2, 0) is 11.3 Å². The van der Waals surface area contributed by atoms with Crippen LogP contribution in [0.4, 0.5) is 21.0 Å². The highest BCUT2D eigenvalue weighted by molar-refractivity contribution is 6.05. The van der Waals surface area contributed by atoms with Crippen LogP contribution in [0.1, 0.15) is 68.9 Å². The lowest BCUT2D eigenvalue weighted by Gasteiger charge is -2.25. The number of urea groups is 1. The molecule has 222 valence electrons. The lowest BCUT2D eigenvalue weighted by atomic mass is 9.97. The summed E-state index contributed by atoms with van der Waals surface area (Å²) in [6.07, 6.45) is 8.92. The first-order chi connectivity index (χ1) is 19.5. The second-order valence-electron chi connectivity index (χ2n) is 11.5. The Bertz CT molecular complexity index is 1200. The van der Waals surface area contributed by atoms with Gasteiger partial charge in [-0.1, -0.05) is 29.8 Å². The van der Waals surface area contributed by atoms with Crippen molar-refractivity contribution in [2.75, 3.05) is 44.4 Å². The van der Waals surface area contributed by atoms with Crippen LogP contribution in [0.25, 0.3) is 0 Å². The van der Waals surface area contributed by atoms with Gasteiger partial charge < -0.3 is 25.2 Å². The maximum absolute atomic E-state index is 13.0. The number of carbonyl (C=O) groups is 3. The quantitative estimate of drug-likeness (QED) is 0.304. The Labute approximate surface area is 243 Å². The molecule has 2 aromatic rings. The Morgan fingerprint density at radius 2 is 1.71 bits per heavy atom. The summed E-state index contributed by atoms with van der Waals surface area (Å²) in [6, 6.07) is 10.2. The first kappa shape index (κ1) is 31.6. The number of hydrogen-bond donors (Lipinski definition) is 3. The normalized spacial score (nSPS) is 13.3. The van der Waals surface area contributed by atoms with Gasteiger partial charge in [0.2, 0.25) is 0 Å². The van der Waals surface area contributed by atoms with E-state index >= 15 is 0 Å². The summed E-state index contributed by atoms with van der Waals surface area (Å²) in [6.45, 7) is 7.61. The Morgan fingerprint density at radius 1 is 0.976 bits per heavy atom. The third-order valence-corrected chi connectivity index (χ3v) is 6.45. The van der Waals surface area contributed by atoms with Gasteiger partial charge in [0.05, 0.1) is 11.4 Å². The molecule has 3 N–H and O–H groups in total. The van der Waals surface area contributed by atoms with Crippen molar-refractivity contribution in [1.29, 1.82) is 0 Å². The largest absolute Gasteiger partial charge is 0.444 e. The van der Waals surface area contributed by atoms with Crippen LogP contribution < -0.4 is 16.0 Å². The fourth-order valence-electron chi connectivity index (χ4n) is 4.32. The highest BCUT2D eigenvalue weighted by Gasteiger charge is 2.19. The average Bonchev–Trinajstić information content (AvgIpc) is 2.91. The minimum Gasteiger partial charge on any atom is -0.444 e. The van der Waals surface area contributed by atoms with Crippen molar-refractivity contribution in [3.05, 3.63) is 65.5 Å². The third kappa shape index (κ3) is 11.2. The van der Waals surface area contributed by atoms with Crippen LogP contribution in [0.15, 0.2) is 54.2 Å². The van der Waals surface area contributed by atoms with E-state index in [2.05, 4.69) is 27.0 Å². The van der Waals surface area contributed by atoms with Crippen LogP contribution in [0.2, 0.25) is 0 Å². The minimum atomic E-state index is -0.649. The Hall–Kier alpha value is -3.92. The van der Waals surface area contributed by atoms with Crippen LogP contribution in [0.3, 0.4) is 0 Å². The van der Waals surface area contributed by atoms with E-state index in [1.807, 2.05) is 19.0 Å². The molecule has 1 heterocycles. The number of para-hydroxylation sites is 2. The highest BCUT2D eigenvalue weighted by Crippen LogP contribution is 2.23. The number of carbonyl (C=O) groups excluding carboxylic acids is 3. The van der Waals surface area contributed by atoms with Gasteiger partial charge >= 0.3 is 12.1 Å². The molecular formula is C31H44N6O4. The van der Waals surface area contributed by atoms with E-state index in [4.69, 9.17) is 4.74 Å². The number of amides is 4. The van der Waals surface area contributed by atoms with E-state index < -0.39 is 17.6 Å². The summed E-state index contributed by atoms with van der Waals surface area (Å²) in [7, 11) is 3.95. The van der Waals surface area contributed by atoms with E-state index in [0.29, 0.717) is 31.0 Å². The molecule has 0 unspecified atom stereocenters. The zero-order chi connectivity index (χ0) is 29.8. The number of anilines is 2.